The largest absolute Gasteiger partial charge is 0.489 e. The molecule has 2 N–H and O–H groups in total. The van der Waals surface area contributed by atoms with Gasteiger partial charge in [-0.15, -0.1) is 16.4 Å². The van der Waals surface area contributed by atoms with Gasteiger partial charge in [0, 0.05) is 22.9 Å². The van der Waals surface area contributed by atoms with E-state index in [1.54, 1.807) is 11.3 Å². The maximum atomic E-state index is 9.43. The number of aromatic nitrogens is 3. The van der Waals surface area contributed by atoms with Crippen molar-refractivity contribution in [3.8, 4) is 28.6 Å². The average Bonchev–Trinajstić information content (AvgIpc) is 3.48. The van der Waals surface area contributed by atoms with Crippen LogP contribution in [0.2, 0.25) is 0 Å². The van der Waals surface area contributed by atoms with E-state index >= 15 is 0 Å². The highest BCUT2D eigenvalue weighted by Gasteiger charge is 2.15. The third kappa shape index (κ3) is 6.12. The lowest BCUT2D eigenvalue weighted by molar-refractivity contribution is 0.130. The van der Waals surface area contributed by atoms with Crippen LogP contribution in [0.1, 0.15) is 23.1 Å². The minimum absolute atomic E-state index is 0.0833. The van der Waals surface area contributed by atoms with Crippen molar-refractivity contribution >= 4 is 11.3 Å². The second-order valence-corrected chi connectivity index (χ2v) is 8.56. The normalized spacial score (nSPS) is 11.8. The fourth-order valence-electron chi connectivity index (χ4n) is 3.24. The molecule has 33 heavy (non-hydrogen) atoms. The Bertz CT molecular complexity index is 1160. The summed E-state index contributed by atoms with van der Waals surface area (Å²) in [6, 6.07) is 17.4. The van der Waals surface area contributed by atoms with Gasteiger partial charge in [0.2, 0.25) is 5.88 Å². The molecule has 0 saturated carbocycles. The highest BCUT2D eigenvalue weighted by molar-refractivity contribution is 7.09. The lowest BCUT2D eigenvalue weighted by Gasteiger charge is -2.16. The molecule has 0 aliphatic carbocycles. The van der Waals surface area contributed by atoms with E-state index in [0.29, 0.717) is 30.6 Å². The smallest absolute Gasteiger partial charge is 0.233 e. The third-order valence-corrected chi connectivity index (χ3v) is 6.05. The molecule has 2 aromatic heterocycles. The van der Waals surface area contributed by atoms with Crippen LogP contribution < -0.4 is 14.2 Å². The summed E-state index contributed by atoms with van der Waals surface area (Å²) in [6.45, 7) is 4.70. The first-order valence-corrected chi connectivity index (χ1v) is 11.7. The molecule has 172 valence electrons. The average molecular weight is 466 g/mol. The predicted octanol–water partition coefficient (Wildman–Crippen LogP) is 4.80. The van der Waals surface area contributed by atoms with E-state index < -0.39 is 0 Å². The summed E-state index contributed by atoms with van der Waals surface area (Å²) < 4.78 is 17.7. The van der Waals surface area contributed by atoms with Gasteiger partial charge in [0.1, 0.15) is 24.2 Å². The molecule has 0 radical (unpaired) electrons. The standard InChI is InChI=1S/C25H27N3O4S/c1-17(14-29)32-23-9-8-20(31-15-19-6-4-3-5-7-19)12-21(23)22-13-25(28-27-22)30-11-10-24-18(2)26-16-33-24/h3-9,12-13,16-17,29H,10-11,14-15H2,1-2H3,(H,27,28). The molecule has 8 heteroatoms. The van der Waals surface area contributed by atoms with Crippen LogP contribution in [0.4, 0.5) is 0 Å². The number of hydrogen-bond donors (Lipinski definition) is 2. The molecule has 0 aliphatic heterocycles. The number of ether oxygens (including phenoxy) is 3. The summed E-state index contributed by atoms with van der Waals surface area (Å²) in [5.74, 6) is 1.83. The first kappa shape index (κ1) is 22.8. The molecular formula is C25H27N3O4S. The molecule has 2 aromatic carbocycles. The molecule has 1 atom stereocenters. The highest BCUT2D eigenvalue weighted by Crippen LogP contribution is 2.34. The number of aryl methyl sites for hydroxylation is 1. The Morgan fingerprint density at radius 2 is 1.94 bits per heavy atom. The van der Waals surface area contributed by atoms with Gasteiger partial charge in [-0.2, -0.15) is 0 Å². The Balaban J connectivity index is 1.49. The lowest BCUT2D eigenvalue weighted by atomic mass is 10.1. The fraction of sp³-hybridized carbons (Fsp3) is 0.280. The quantitative estimate of drug-likeness (QED) is 0.331. The van der Waals surface area contributed by atoms with Gasteiger partial charge >= 0.3 is 0 Å². The maximum absolute atomic E-state index is 9.43. The number of nitrogens with zero attached hydrogens (tertiary/aromatic N) is 2. The number of aromatic amines is 1. The van der Waals surface area contributed by atoms with Crippen molar-refractivity contribution in [2.45, 2.75) is 33.0 Å². The van der Waals surface area contributed by atoms with E-state index in [1.165, 1.54) is 4.88 Å². The summed E-state index contributed by atoms with van der Waals surface area (Å²) in [5.41, 5.74) is 5.49. The van der Waals surface area contributed by atoms with Crippen molar-refractivity contribution in [1.29, 1.82) is 0 Å². The number of nitrogens with one attached hydrogen (secondary N) is 1. The Hall–Kier alpha value is -3.36. The predicted molar refractivity (Wildman–Crippen MR) is 128 cm³/mol. The first-order chi connectivity index (χ1) is 16.1. The molecule has 0 amide bonds. The van der Waals surface area contributed by atoms with Gasteiger partial charge in [-0.3, -0.25) is 5.10 Å². The number of benzene rings is 2. The second-order valence-electron chi connectivity index (χ2n) is 7.62. The maximum Gasteiger partial charge on any atom is 0.233 e. The molecule has 0 aliphatic rings. The Morgan fingerprint density at radius 3 is 2.70 bits per heavy atom. The van der Waals surface area contributed by atoms with Crippen LogP contribution in [0.3, 0.4) is 0 Å². The van der Waals surface area contributed by atoms with Crippen molar-refractivity contribution in [1.82, 2.24) is 15.2 Å². The van der Waals surface area contributed by atoms with Crippen LogP contribution in [0.25, 0.3) is 11.3 Å². The molecule has 7 nitrogen and oxygen atoms in total. The summed E-state index contributed by atoms with van der Waals surface area (Å²) in [6.07, 6.45) is 0.435. The minimum Gasteiger partial charge on any atom is -0.489 e. The minimum atomic E-state index is -0.346. The van der Waals surface area contributed by atoms with E-state index in [-0.39, 0.29) is 12.7 Å². The topological polar surface area (TPSA) is 89.5 Å². The lowest BCUT2D eigenvalue weighted by Crippen LogP contribution is -2.16. The number of aliphatic hydroxyl groups is 1. The van der Waals surface area contributed by atoms with E-state index in [2.05, 4.69) is 15.2 Å². The SMILES string of the molecule is Cc1ncsc1CCOc1cc(-c2cc(OCc3ccccc3)ccc2OC(C)CO)[nH]n1. The van der Waals surface area contributed by atoms with Crippen molar-refractivity contribution in [2.24, 2.45) is 0 Å². The highest BCUT2D eigenvalue weighted by atomic mass is 32.1. The molecular weight excluding hydrogens is 438 g/mol. The van der Waals surface area contributed by atoms with Crippen LogP contribution in [-0.4, -0.2) is 39.6 Å². The van der Waals surface area contributed by atoms with Crippen molar-refractivity contribution in [3.63, 3.8) is 0 Å². The zero-order chi connectivity index (χ0) is 23.0. The number of rotatable bonds is 11. The van der Waals surface area contributed by atoms with Gasteiger partial charge < -0.3 is 19.3 Å². The Labute approximate surface area is 197 Å². The van der Waals surface area contributed by atoms with E-state index in [0.717, 1.165) is 28.9 Å². The molecule has 0 bridgehead atoms. The zero-order valence-electron chi connectivity index (χ0n) is 18.7. The van der Waals surface area contributed by atoms with Gasteiger partial charge in [0.05, 0.1) is 30.1 Å². The number of hydrogen-bond acceptors (Lipinski definition) is 7. The second kappa shape index (κ2) is 11.0. The van der Waals surface area contributed by atoms with E-state index in [4.69, 9.17) is 14.2 Å². The fourth-order valence-corrected chi connectivity index (χ4v) is 4.00. The monoisotopic (exact) mass is 465 g/mol. The Kier molecular flexibility index (Phi) is 7.59. The van der Waals surface area contributed by atoms with E-state index in [9.17, 15) is 5.11 Å². The summed E-state index contributed by atoms with van der Waals surface area (Å²) >= 11 is 1.63. The number of aliphatic hydroxyl groups excluding tert-OH is 1. The Morgan fingerprint density at radius 1 is 1.09 bits per heavy atom. The van der Waals surface area contributed by atoms with Crippen molar-refractivity contribution in [3.05, 3.63) is 76.2 Å². The zero-order valence-corrected chi connectivity index (χ0v) is 19.5. The van der Waals surface area contributed by atoms with Gasteiger partial charge in [-0.05, 0) is 37.6 Å². The van der Waals surface area contributed by atoms with Gasteiger partial charge in [-0.1, -0.05) is 30.3 Å². The van der Waals surface area contributed by atoms with Gasteiger partial charge in [0.15, 0.2) is 0 Å². The van der Waals surface area contributed by atoms with Crippen LogP contribution in [0.15, 0.2) is 60.1 Å². The number of thiazole rings is 1. The van der Waals surface area contributed by atoms with Crippen molar-refractivity contribution < 1.29 is 19.3 Å². The van der Waals surface area contributed by atoms with E-state index in [1.807, 2.05) is 74.0 Å². The summed E-state index contributed by atoms with van der Waals surface area (Å²) in [5, 5.41) is 16.7. The molecule has 1 unspecified atom stereocenters. The third-order valence-electron chi connectivity index (χ3n) is 5.05. The molecule has 0 saturated heterocycles. The first-order valence-electron chi connectivity index (χ1n) is 10.8. The van der Waals surface area contributed by atoms with Crippen molar-refractivity contribution in [2.75, 3.05) is 13.2 Å². The summed E-state index contributed by atoms with van der Waals surface area (Å²) in [7, 11) is 0. The van der Waals surface area contributed by atoms with Gasteiger partial charge in [0.25, 0.3) is 0 Å². The number of H-pyrrole nitrogens is 1. The van der Waals surface area contributed by atoms with Crippen LogP contribution in [0, 0.1) is 6.92 Å². The van der Waals surface area contributed by atoms with Crippen LogP contribution >= 0.6 is 11.3 Å². The van der Waals surface area contributed by atoms with Crippen LogP contribution in [-0.2, 0) is 13.0 Å². The summed E-state index contributed by atoms with van der Waals surface area (Å²) in [4.78, 5) is 5.48. The molecule has 4 aromatic rings. The molecule has 0 spiro atoms. The molecule has 0 fully saturated rings. The molecule has 2 heterocycles. The van der Waals surface area contributed by atoms with Crippen LogP contribution in [0.5, 0.6) is 17.4 Å². The van der Waals surface area contributed by atoms with Gasteiger partial charge in [-0.25, -0.2) is 4.98 Å². The molecule has 4 rings (SSSR count).